The summed E-state index contributed by atoms with van der Waals surface area (Å²) in [6.45, 7) is 2.96. The third-order valence-electron chi connectivity index (χ3n) is 4.19. The number of fused-ring (bicyclic) bond motifs is 1. The van der Waals surface area contributed by atoms with Crippen LogP contribution in [0.1, 0.15) is 37.9 Å². The van der Waals surface area contributed by atoms with E-state index < -0.39 is 0 Å². The Morgan fingerprint density at radius 3 is 3.00 bits per heavy atom. The van der Waals surface area contributed by atoms with Crippen molar-refractivity contribution in [2.45, 2.75) is 57.3 Å². The Morgan fingerprint density at radius 2 is 2.06 bits per heavy atom. The summed E-state index contributed by atoms with van der Waals surface area (Å²) in [4.78, 5) is 6.82. The van der Waals surface area contributed by atoms with Crippen molar-refractivity contribution in [3.05, 3.63) is 18.2 Å². The minimum Gasteiger partial charge on any atom is -0.391 e. The van der Waals surface area contributed by atoms with Gasteiger partial charge in [0.25, 0.3) is 0 Å². The predicted molar refractivity (Wildman–Crippen MR) is 65.5 cm³/mol. The van der Waals surface area contributed by atoms with E-state index in [1.54, 1.807) is 0 Å². The molecule has 0 spiro atoms. The topological polar surface area (TPSA) is 41.3 Å². The first-order valence-electron chi connectivity index (χ1n) is 6.77. The van der Waals surface area contributed by atoms with Crippen LogP contribution in [0.15, 0.2) is 12.4 Å². The molecule has 1 saturated carbocycles. The molecule has 4 nitrogen and oxygen atoms in total. The maximum Gasteiger partial charge on any atom is 0.122 e. The molecule has 1 N–H and O–H groups in total. The number of rotatable bonds is 1. The lowest BCUT2D eigenvalue weighted by Crippen LogP contribution is -2.46. The zero-order chi connectivity index (χ0) is 11.7. The van der Waals surface area contributed by atoms with Crippen molar-refractivity contribution in [2.75, 3.05) is 6.54 Å². The van der Waals surface area contributed by atoms with Gasteiger partial charge in [0.15, 0.2) is 0 Å². The number of aromatic nitrogens is 2. The summed E-state index contributed by atoms with van der Waals surface area (Å²) in [6, 6.07) is 0.350. The van der Waals surface area contributed by atoms with E-state index in [1.807, 2.05) is 6.20 Å². The first kappa shape index (κ1) is 11.2. The monoisotopic (exact) mass is 235 g/mol. The van der Waals surface area contributed by atoms with Gasteiger partial charge in [-0.25, -0.2) is 4.98 Å². The molecule has 1 aromatic heterocycles. The fourth-order valence-corrected chi connectivity index (χ4v) is 3.17. The molecule has 2 heterocycles. The number of hydrogen-bond acceptors (Lipinski definition) is 3. The number of hydrogen-bond donors (Lipinski definition) is 1. The van der Waals surface area contributed by atoms with Crippen LogP contribution >= 0.6 is 0 Å². The second-order valence-electron chi connectivity index (χ2n) is 5.28. The summed E-state index contributed by atoms with van der Waals surface area (Å²) in [7, 11) is 0. The molecule has 2 aliphatic rings. The van der Waals surface area contributed by atoms with Crippen molar-refractivity contribution in [3.63, 3.8) is 0 Å². The first-order valence-corrected chi connectivity index (χ1v) is 6.77. The second kappa shape index (κ2) is 4.78. The van der Waals surface area contributed by atoms with Crippen molar-refractivity contribution in [1.82, 2.24) is 14.5 Å². The summed E-state index contributed by atoms with van der Waals surface area (Å²) in [5.41, 5.74) is 0. The third kappa shape index (κ3) is 2.24. The molecule has 0 amide bonds. The van der Waals surface area contributed by atoms with Crippen LogP contribution < -0.4 is 0 Å². The highest BCUT2D eigenvalue weighted by Crippen LogP contribution is 2.25. The second-order valence-corrected chi connectivity index (χ2v) is 5.28. The zero-order valence-corrected chi connectivity index (χ0v) is 10.3. The SMILES string of the molecule is OC1CCCCCC1N1CCn2ccnc2C1. The van der Waals surface area contributed by atoms with Crippen molar-refractivity contribution in [3.8, 4) is 0 Å². The van der Waals surface area contributed by atoms with Crippen molar-refractivity contribution >= 4 is 0 Å². The minimum absolute atomic E-state index is 0.140. The molecule has 1 aromatic rings. The smallest absolute Gasteiger partial charge is 0.122 e. The molecule has 1 aliphatic heterocycles. The van der Waals surface area contributed by atoms with Crippen molar-refractivity contribution < 1.29 is 5.11 Å². The van der Waals surface area contributed by atoms with Gasteiger partial charge in [0.2, 0.25) is 0 Å². The van der Waals surface area contributed by atoms with Crippen LogP contribution in [0.3, 0.4) is 0 Å². The number of nitrogens with zero attached hydrogens (tertiary/aromatic N) is 3. The fraction of sp³-hybridized carbons (Fsp3) is 0.769. The fourth-order valence-electron chi connectivity index (χ4n) is 3.17. The molecular formula is C13H21N3O. The molecule has 1 aliphatic carbocycles. The van der Waals surface area contributed by atoms with Gasteiger partial charge >= 0.3 is 0 Å². The van der Waals surface area contributed by atoms with E-state index in [0.29, 0.717) is 6.04 Å². The molecule has 2 unspecified atom stereocenters. The van der Waals surface area contributed by atoms with Crippen LogP contribution in [0.4, 0.5) is 0 Å². The molecule has 94 valence electrons. The predicted octanol–water partition coefficient (Wildman–Crippen LogP) is 1.39. The van der Waals surface area contributed by atoms with Gasteiger partial charge in [0.1, 0.15) is 5.82 Å². The average Bonchev–Trinajstić information content (AvgIpc) is 2.70. The molecule has 4 heteroatoms. The van der Waals surface area contributed by atoms with Gasteiger partial charge in [0.05, 0.1) is 12.6 Å². The van der Waals surface area contributed by atoms with E-state index in [-0.39, 0.29) is 6.10 Å². The lowest BCUT2D eigenvalue weighted by Gasteiger charge is -2.36. The van der Waals surface area contributed by atoms with Crippen LogP contribution in [0.5, 0.6) is 0 Å². The van der Waals surface area contributed by atoms with Crippen molar-refractivity contribution in [2.24, 2.45) is 0 Å². The minimum atomic E-state index is -0.140. The van der Waals surface area contributed by atoms with Gasteiger partial charge in [-0.15, -0.1) is 0 Å². The van der Waals surface area contributed by atoms with Crippen molar-refractivity contribution in [1.29, 1.82) is 0 Å². The standard InChI is InChI=1S/C13H21N3O/c17-12-5-3-1-2-4-11(12)16-9-8-15-7-6-14-13(15)10-16/h6-7,11-12,17H,1-5,8-10H2. The summed E-state index contributed by atoms with van der Waals surface area (Å²) in [6.07, 6.45) is 9.61. The molecule has 1 fully saturated rings. The Bertz CT molecular complexity index is 376. The molecule has 3 rings (SSSR count). The molecular weight excluding hydrogens is 214 g/mol. The summed E-state index contributed by atoms with van der Waals surface area (Å²) in [5, 5.41) is 10.2. The van der Waals surface area contributed by atoms with Gasteiger partial charge in [-0.05, 0) is 12.8 Å². The Labute approximate surface area is 102 Å². The third-order valence-corrected chi connectivity index (χ3v) is 4.19. The number of aliphatic hydroxyl groups is 1. The zero-order valence-electron chi connectivity index (χ0n) is 10.3. The highest BCUT2D eigenvalue weighted by atomic mass is 16.3. The molecule has 0 saturated heterocycles. The van der Waals surface area contributed by atoms with Crippen LogP contribution in [0, 0.1) is 0 Å². The van der Waals surface area contributed by atoms with E-state index in [2.05, 4.69) is 20.6 Å². The quantitative estimate of drug-likeness (QED) is 0.748. The Morgan fingerprint density at radius 1 is 1.18 bits per heavy atom. The van der Waals surface area contributed by atoms with Crippen LogP contribution in [0.25, 0.3) is 0 Å². The van der Waals surface area contributed by atoms with E-state index in [9.17, 15) is 5.11 Å². The molecule has 0 aromatic carbocycles. The maximum absolute atomic E-state index is 10.2. The average molecular weight is 235 g/mol. The van der Waals surface area contributed by atoms with Gasteiger partial charge in [0, 0.05) is 31.5 Å². The lowest BCUT2D eigenvalue weighted by molar-refractivity contribution is 0.0287. The molecule has 0 radical (unpaired) electrons. The Kier molecular flexibility index (Phi) is 3.16. The van der Waals surface area contributed by atoms with Gasteiger partial charge in [-0.2, -0.15) is 0 Å². The Hall–Kier alpha value is -0.870. The van der Waals surface area contributed by atoms with Gasteiger partial charge in [-0.1, -0.05) is 19.3 Å². The molecule has 0 bridgehead atoms. The summed E-state index contributed by atoms with van der Waals surface area (Å²) < 4.78 is 2.22. The largest absolute Gasteiger partial charge is 0.391 e. The van der Waals surface area contributed by atoms with Gasteiger partial charge < -0.3 is 9.67 Å². The van der Waals surface area contributed by atoms with E-state index in [0.717, 1.165) is 38.3 Å². The lowest BCUT2D eigenvalue weighted by atomic mass is 10.0. The van der Waals surface area contributed by atoms with Crippen LogP contribution in [-0.4, -0.2) is 38.2 Å². The molecule has 2 atom stereocenters. The molecule has 17 heavy (non-hydrogen) atoms. The van der Waals surface area contributed by atoms with E-state index in [1.165, 1.54) is 19.3 Å². The number of imidazole rings is 1. The normalized spacial score (nSPS) is 30.9. The van der Waals surface area contributed by atoms with Crippen LogP contribution in [0.2, 0.25) is 0 Å². The first-order chi connectivity index (χ1) is 8.34. The maximum atomic E-state index is 10.2. The highest BCUT2D eigenvalue weighted by Gasteiger charge is 2.30. The summed E-state index contributed by atoms with van der Waals surface area (Å²) >= 11 is 0. The van der Waals surface area contributed by atoms with E-state index in [4.69, 9.17) is 0 Å². The highest BCUT2D eigenvalue weighted by molar-refractivity contribution is 4.97. The number of aliphatic hydroxyl groups excluding tert-OH is 1. The van der Waals surface area contributed by atoms with Gasteiger partial charge in [-0.3, -0.25) is 4.90 Å². The van der Waals surface area contributed by atoms with Crippen LogP contribution in [-0.2, 0) is 13.1 Å². The van der Waals surface area contributed by atoms with E-state index >= 15 is 0 Å². The Balaban J connectivity index is 1.72. The summed E-state index contributed by atoms with van der Waals surface area (Å²) in [5.74, 6) is 1.15.